The van der Waals surface area contributed by atoms with E-state index in [1.165, 1.54) is 5.56 Å². The van der Waals surface area contributed by atoms with Gasteiger partial charge in [0.25, 0.3) is 0 Å². The van der Waals surface area contributed by atoms with Gasteiger partial charge < -0.3 is 5.11 Å². The third kappa shape index (κ3) is 3.99. The molecule has 2 rings (SSSR count). The van der Waals surface area contributed by atoms with Crippen molar-refractivity contribution in [1.82, 2.24) is 0 Å². The largest absolute Gasteiger partial charge is 0.388 e. The zero-order valence-corrected chi connectivity index (χ0v) is 10.7. The Hall–Kier alpha value is -1.12. The molecule has 0 fully saturated rings. The molecule has 0 radical (unpaired) electrons. The topological polar surface area (TPSA) is 20.2 Å². The molecular formula is C15H18OS. The molecule has 0 bridgehead atoms. The minimum Gasteiger partial charge on any atom is -0.388 e. The van der Waals surface area contributed by atoms with E-state index in [-0.39, 0.29) is 6.10 Å². The molecule has 2 heteroatoms. The van der Waals surface area contributed by atoms with E-state index in [1.807, 2.05) is 22.9 Å². The van der Waals surface area contributed by atoms with Crippen LogP contribution in [0, 0.1) is 0 Å². The summed E-state index contributed by atoms with van der Waals surface area (Å²) < 4.78 is 0. The lowest BCUT2D eigenvalue weighted by molar-refractivity contribution is 0.164. The molecule has 1 aromatic carbocycles. The summed E-state index contributed by atoms with van der Waals surface area (Å²) in [6.07, 6.45) is 3.91. The van der Waals surface area contributed by atoms with E-state index in [0.717, 1.165) is 31.2 Å². The van der Waals surface area contributed by atoms with Gasteiger partial charge in [0.1, 0.15) is 0 Å². The van der Waals surface area contributed by atoms with Crippen LogP contribution in [0.4, 0.5) is 0 Å². The number of benzene rings is 1. The van der Waals surface area contributed by atoms with Gasteiger partial charge in [-0.05, 0) is 47.2 Å². The minimum absolute atomic E-state index is 0.281. The number of aliphatic hydroxyl groups is 1. The van der Waals surface area contributed by atoms with Gasteiger partial charge in [-0.1, -0.05) is 36.8 Å². The fourth-order valence-corrected chi connectivity index (χ4v) is 2.65. The molecule has 1 heterocycles. The number of aliphatic hydroxyl groups excluding tert-OH is 1. The second-order valence-corrected chi connectivity index (χ2v) is 5.08. The molecule has 0 aliphatic heterocycles. The second-order valence-electron chi connectivity index (χ2n) is 4.30. The highest BCUT2D eigenvalue weighted by Gasteiger charge is 2.06. The quantitative estimate of drug-likeness (QED) is 0.758. The molecule has 1 N–H and O–H groups in total. The minimum atomic E-state index is -0.281. The predicted octanol–water partition coefficient (Wildman–Crippen LogP) is 4.19. The molecule has 0 unspecified atom stereocenters. The van der Waals surface area contributed by atoms with Crippen LogP contribution in [0.1, 0.15) is 36.5 Å². The molecule has 0 amide bonds. The van der Waals surface area contributed by atoms with Crippen LogP contribution in [-0.4, -0.2) is 5.11 Å². The average molecular weight is 246 g/mol. The van der Waals surface area contributed by atoms with E-state index in [1.54, 1.807) is 11.3 Å². The van der Waals surface area contributed by atoms with Gasteiger partial charge in [0.15, 0.2) is 0 Å². The molecule has 90 valence electrons. The smallest absolute Gasteiger partial charge is 0.0798 e. The molecule has 0 saturated heterocycles. The first-order valence-electron chi connectivity index (χ1n) is 6.10. The maximum absolute atomic E-state index is 9.91. The van der Waals surface area contributed by atoms with Crippen LogP contribution in [0.15, 0.2) is 47.2 Å². The summed E-state index contributed by atoms with van der Waals surface area (Å²) in [6, 6.07) is 12.5. The fraction of sp³-hybridized carbons (Fsp3) is 0.333. The standard InChI is InChI=1S/C15H18OS/c16-15(14-10-11-17-12-14)9-5-4-8-13-6-2-1-3-7-13/h1-3,6-7,10-12,15-16H,4-5,8-9H2/t15-/m1/s1. The van der Waals surface area contributed by atoms with Crippen molar-refractivity contribution >= 4 is 11.3 Å². The summed E-state index contributed by atoms with van der Waals surface area (Å²) >= 11 is 1.64. The van der Waals surface area contributed by atoms with E-state index in [9.17, 15) is 5.11 Å². The third-order valence-corrected chi connectivity index (χ3v) is 3.67. The molecule has 0 saturated carbocycles. The van der Waals surface area contributed by atoms with Crippen LogP contribution >= 0.6 is 11.3 Å². The maximum Gasteiger partial charge on any atom is 0.0798 e. The van der Waals surface area contributed by atoms with Gasteiger partial charge in [0.2, 0.25) is 0 Å². The number of unbranched alkanes of at least 4 members (excludes halogenated alkanes) is 1. The number of aryl methyl sites for hydroxylation is 1. The molecule has 0 aliphatic rings. The van der Waals surface area contributed by atoms with Crippen LogP contribution in [0.3, 0.4) is 0 Å². The highest BCUT2D eigenvalue weighted by atomic mass is 32.1. The van der Waals surface area contributed by atoms with E-state index >= 15 is 0 Å². The van der Waals surface area contributed by atoms with Crippen molar-refractivity contribution in [3.63, 3.8) is 0 Å². The van der Waals surface area contributed by atoms with E-state index in [4.69, 9.17) is 0 Å². The highest BCUT2D eigenvalue weighted by Crippen LogP contribution is 2.21. The van der Waals surface area contributed by atoms with Gasteiger partial charge in [-0.2, -0.15) is 11.3 Å². The normalized spacial score (nSPS) is 12.5. The summed E-state index contributed by atoms with van der Waals surface area (Å²) in [5.74, 6) is 0. The molecule has 1 atom stereocenters. The van der Waals surface area contributed by atoms with Crippen molar-refractivity contribution in [3.05, 3.63) is 58.3 Å². The lowest BCUT2D eigenvalue weighted by Gasteiger charge is -2.08. The number of rotatable bonds is 6. The van der Waals surface area contributed by atoms with Crippen molar-refractivity contribution in [2.75, 3.05) is 0 Å². The Labute approximate surface area is 107 Å². The van der Waals surface area contributed by atoms with Crippen LogP contribution in [0.25, 0.3) is 0 Å². The summed E-state index contributed by atoms with van der Waals surface area (Å²) in [7, 11) is 0. The Balaban J connectivity index is 1.67. The number of hydrogen-bond acceptors (Lipinski definition) is 2. The maximum atomic E-state index is 9.91. The molecule has 2 aromatic rings. The SMILES string of the molecule is O[C@H](CCCCc1ccccc1)c1ccsc1. The van der Waals surface area contributed by atoms with Gasteiger partial charge in [0.05, 0.1) is 6.10 Å². The zero-order chi connectivity index (χ0) is 11.9. The van der Waals surface area contributed by atoms with Crippen LogP contribution < -0.4 is 0 Å². The average Bonchev–Trinajstić information content (AvgIpc) is 2.89. The van der Waals surface area contributed by atoms with Crippen LogP contribution in [0.5, 0.6) is 0 Å². The lowest BCUT2D eigenvalue weighted by Crippen LogP contribution is -1.96. The van der Waals surface area contributed by atoms with E-state index < -0.39 is 0 Å². The van der Waals surface area contributed by atoms with Crippen LogP contribution in [0.2, 0.25) is 0 Å². The summed E-state index contributed by atoms with van der Waals surface area (Å²) in [6.45, 7) is 0. The molecule has 17 heavy (non-hydrogen) atoms. The van der Waals surface area contributed by atoms with Crippen molar-refractivity contribution in [2.45, 2.75) is 31.8 Å². The Morgan fingerprint density at radius 2 is 1.88 bits per heavy atom. The summed E-state index contributed by atoms with van der Waals surface area (Å²) in [5, 5.41) is 14.0. The molecule has 0 aliphatic carbocycles. The Morgan fingerprint density at radius 1 is 1.06 bits per heavy atom. The van der Waals surface area contributed by atoms with Crippen molar-refractivity contribution in [3.8, 4) is 0 Å². The number of thiophene rings is 1. The predicted molar refractivity (Wildman–Crippen MR) is 73.3 cm³/mol. The summed E-state index contributed by atoms with van der Waals surface area (Å²) in [4.78, 5) is 0. The molecule has 0 spiro atoms. The first kappa shape index (κ1) is 12.3. The van der Waals surface area contributed by atoms with Crippen molar-refractivity contribution in [2.24, 2.45) is 0 Å². The van der Waals surface area contributed by atoms with Gasteiger partial charge >= 0.3 is 0 Å². The lowest BCUT2D eigenvalue weighted by atomic mass is 10.0. The molecule has 1 nitrogen and oxygen atoms in total. The molecule has 1 aromatic heterocycles. The first-order chi connectivity index (χ1) is 8.36. The van der Waals surface area contributed by atoms with Gasteiger partial charge in [0, 0.05) is 0 Å². The van der Waals surface area contributed by atoms with Crippen molar-refractivity contribution < 1.29 is 5.11 Å². The summed E-state index contributed by atoms with van der Waals surface area (Å²) in [5.41, 5.74) is 2.45. The zero-order valence-electron chi connectivity index (χ0n) is 9.88. The van der Waals surface area contributed by atoms with E-state index in [0.29, 0.717) is 0 Å². The number of hydrogen-bond donors (Lipinski definition) is 1. The van der Waals surface area contributed by atoms with Gasteiger partial charge in [-0.15, -0.1) is 0 Å². The van der Waals surface area contributed by atoms with E-state index in [2.05, 4.69) is 24.3 Å². The Bertz CT molecular complexity index is 408. The van der Waals surface area contributed by atoms with Gasteiger partial charge in [-0.3, -0.25) is 0 Å². The Kier molecular flexibility index (Phi) is 4.77. The van der Waals surface area contributed by atoms with Crippen LogP contribution in [-0.2, 0) is 6.42 Å². The molecular weight excluding hydrogens is 228 g/mol. The second kappa shape index (κ2) is 6.58. The third-order valence-electron chi connectivity index (χ3n) is 2.96. The van der Waals surface area contributed by atoms with Gasteiger partial charge in [-0.25, -0.2) is 0 Å². The first-order valence-corrected chi connectivity index (χ1v) is 7.04. The van der Waals surface area contributed by atoms with Crippen molar-refractivity contribution in [1.29, 1.82) is 0 Å². The highest BCUT2D eigenvalue weighted by molar-refractivity contribution is 7.07. The Morgan fingerprint density at radius 3 is 2.59 bits per heavy atom. The fourth-order valence-electron chi connectivity index (χ4n) is 1.94. The monoisotopic (exact) mass is 246 g/mol.